The monoisotopic (exact) mass is 769 g/mol. The molecule has 7 aromatic carbocycles. The molecule has 0 radical (unpaired) electrons. The molecule has 0 bridgehead atoms. The number of rotatable bonds is 7. The number of anilines is 3. The van der Waals surface area contributed by atoms with E-state index in [4.69, 9.17) is 0 Å². The highest BCUT2D eigenvalue weighted by atomic mass is 15.1. The minimum Gasteiger partial charge on any atom is -0.310 e. The van der Waals surface area contributed by atoms with E-state index in [-0.39, 0.29) is 21.7 Å². The van der Waals surface area contributed by atoms with Crippen LogP contribution in [0.15, 0.2) is 152 Å². The molecule has 296 valence electrons. The maximum Gasteiger partial charge on any atom is 0.0540 e. The second-order valence-corrected chi connectivity index (χ2v) is 19.6. The number of nitrogens with zero attached hydrogens (tertiary/aromatic N) is 1. The summed E-state index contributed by atoms with van der Waals surface area (Å²) >= 11 is 0. The Morgan fingerprint density at radius 2 is 1.02 bits per heavy atom. The van der Waals surface area contributed by atoms with Gasteiger partial charge < -0.3 is 4.90 Å². The van der Waals surface area contributed by atoms with Gasteiger partial charge in [-0.2, -0.15) is 0 Å². The van der Waals surface area contributed by atoms with Crippen LogP contribution in [0, 0.1) is 0 Å². The SMILES string of the molecule is CCC1(CC)c2cc(C(C)(C)C)ccc2-c2c1ccc(-c1ccc(N(c3ccc4c(c3)C(C)(C)c3ccccc3-4)c3ccccc3-c3ccccc3)cc1)c2C(C)(C)C. The summed E-state index contributed by atoms with van der Waals surface area (Å²) < 4.78 is 0. The third-order valence-electron chi connectivity index (χ3n) is 13.8. The van der Waals surface area contributed by atoms with E-state index in [0.717, 1.165) is 29.9 Å². The predicted octanol–water partition coefficient (Wildman–Crippen LogP) is 16.5. The van der Waals surface area contributed by atoms with Crippen LogP contribution in [0.1, 0.15) is 115 Å². The van der Waals surface area contributed by atoms with Crippen molar-refractivity contribution >= 4 is 17.1 Å². The summed E-state index contributed by atoms with van der Waals surface area (Å²) in [7, 11) is 0. The Hall–Kier alpha value is -5.66. The van der Waals surface area contributed by atoms with Crippen molar-refractivity contribution in [3.8, 4) is 44.5 Å². The van der Waals surface area contributed by atoms with Crippen molar-refractivity contribution in [1.29, 1.82) is 0 Å². The molecule has 0 saturated carbocycles. The van der Waals surface area contributed by atoms with Crippen molar-refractivity contribution in [2.24, 2.45) is 0 Å². The van der Waals surface area contributed by atoms with Crippen molar-refractivity contribution in [1.82, 2.24) is 0 Å². The van der Waals surface area contributed by atoms with E-state index in [1.165, 1.54) is 77.9 Å². The lowest BCUT2D eigenvalue weighted by Gasteiger charge is -2.32. The van der Waals surface area contributed by atoms with Crippen LogP contribution in [0.2, 0.25) is 0 Å². The van der Waals surface area contributed by atoms with Crippen LogP contribution in [-0.2, 0) is 21.7 Å². The first-order valence-corrected chi connectivity index (χ1v) is 21.8. The molecular weight excluding hydrogens is 711 g/mol. The van der Waals surface area contributed by atoms with E-state index in [0.29, 0.717) is 0 Å². The molecule has 9 rings (SSSR count). The topological polar surface area (TPSA) is 3.24 Å². The zero-order valence-electron chi connectivity index (χ0n) is 36.8. The van der Waals surface area contributed by atoms with E-state index in [2.05, 4.69) is 226 Å². The lowest BCUT2D eigenvalue weighted by molar-refractivity contribution is 0.487. The van der Waals surface area contributed by atoms with Gasteiger partial charge in [0.05, 0.1) is 5.69 Å². The maximum atomic E-state index is 2.55. The van der Waals surface area contributed by atoms with Gasteiger partial charge in [0.25, 0.3) is 0 Å². The molecule has 0 atom stereocenters. The molecule has 0 spiro atoms. The summed E-state index contributed by atoms with van der Waals surface area (Å²) in [4.78, 5) is 2.47. The molecule has 2 aliphatic rings. The van der Waals surface area contributed by atoms with Gasteiger partial charge in [0.15, 0.2) is 0 Å². The van der Waals surface area contributed by atoms with Crippen LogP contribution in [0.4, 0.5) is 17.1 Å². The number of hydrogen-bond donors (Lipinski definition) is 0. The molecule has 0 aliphatic heterocycles. The second-order valence-electron chi connectivity index (χ2n) is 19.6. The largest absolute Gasteiger partial charge is 0.310 e. The van der Waals surface area contributed by atoms with Gasteiger partial charge in [-0.25, -0.2) is 0 Å². The van der Waals surface area contributed by atoms with Crippen LogP contribution in [0.25, 0.3) is 44.5 Å². The van der Waals surface area contributed by atoms with Crippen LogP contribution >= 0.6 is 0 Å². The average molecular weight is 770 g/mol. The molecule has 2 aliphatic carbocycles. The Balaban J connectivity index is 1.22. The zero-order valence-corrected chi connectivity index (χ0v) is 36.8. The van der Waals surface area contributed by atoms with E-state index < -0.39 is 0 Å². The van der Waals surface area contributed by atoms with E-state index in [9.17, 15) is 0 Å². The third kappa shape index (κ3) is 6.11. The molecule has 59 heavy (non-hydrogen) atoms. The minimum atomic E-state index is -0.104. The van der Waals surface area contributed by atoms with Crippen LogP contribution < -0.4 is 4.90 Å². The first-order valence-electron chi connectivity index (χ1n) is 21.8. The first-order chi connectivity index (χ1) is 28.2. The number of hydrogen-bond acceptors (Lipinski definition) is 1. The average Bonchev–Trinajstić information content (AvgIpc) is 3.65. The second kappa shape index (κ2) is 14.0. The van der Waals surface area contributed by atoms with Crippen molar-refractivity contribution in [3.05, 3.63) is 185 Å². The van der Waals surface area contributed by atoms with Gasteiger partial charge in [-0.1, -0.05) is 191 Å². The first kappa shape index (κ1) is 38.8. The van der Waals surface area contributed by atoms with E-state index in [1.807, 2.05) is 0 Å². The van der Waals surface area contributed by atoms with Crippen LogP contribution in [0.5, 0.6) is 0 Å². The Morgan fingerprint density at radius 1 is 0.441 bits per heavy atom. The molecule has 7 aromatic rings. The molecule has 0 unspecified atom stereocenters. The molecule has 0 heterocycles. The quantitative estimate of drug-likeness (QED) is 0.156. The van der Waals surface area contributed by atoms with Gasteiger partial charge in [0, 0.05) is 27.8 Å². The van der Waals surface area contributed by atoms with Gasteiger partial charge in [-0.15, -0.1) is 0 Å². The molecule has 0 aromatic heterocycles. The third-order valence-corrected chi connectivity index (χ3v) is 13.8. The molecule has 0 N–H and O–H groups in total. The minimum absolute atomic E-state index is 0.00670. The van der Waals surface area contributed by atoms with E-state index in [1.54, 1.807) is 0 Å². The zero-order chi connectivity index (χ0) is 41.5. The van der Waals surface area contributed by atoms with Crippen molar-refractivity contribution in [2.75, 3.05) is 4.90 Å². The van der Waals surface area contributed by atoms with E-state index >= 15 is 0 Å². The molecule has 1 nitrogen and oxygen atoms in total. The summed E-state index contributed by atoms with van der Waals surface area (Å²) in [5, 5.41) is 0. The lowest BCUT2D eigenvalue weighted by atomic mass is 9.71. The molecule has 0 saturated heterocycles. The van der Waals surface area contributed by atoms with Gasteiger partial charge in [-0.05, 0) is 126 Å². The normalized spacial score (nSPS) is 14.7. The fourth-order valence-corrected chi connectivity index (χ4v) is 10.7. The number of benzene rings is 7. The maximum absolute atomic E-state index is 2.55. The van der Waals surface area contributed by atoms with Gasteiger partial charge in [0.2, 0.25) is 0 Å². The predicted molar refractivity (Wildman–Crippen MR) is 254 cm³/mol. The molecular formula is C58H59N. The summed E-state index contributed by atoms with van der Waals surface area (Å²) in [5.41, 5.74) is 22.6. The van der Waals surface area contributed by atoms with Crippen LogP contribution in [-0.4, -0.2) is 0 Å². The Morgan fingerprint density at radius 3 is 1.69 bits per heavy atom. The standard InChI is InChI=1S/C58H59N/c1-11-58(12-2)49-35-34-44(54(56(6,7)8)53(49)47-32-28-40(36-51(47)58)55(3,4)5)39-26-29-41(30-27-39)59(52-25-19-17-22-43(52)38-20-14-13-15-21-38)42-31-33-46-45-23-16-18-24-48(45)57(9,10)50(46)37-42/h13-37H,11-12H2,1-10H3. The summed E-state index contributed by atoms with van der Waals surface area (Å²) in [5.74, 6) is 0. The highest BCUT2D eigenvalue weighted by molar-refractivity contribution is 5.93. The number of fused-ring (bicyclic) bond motifs is 6. The number of para-hydroxylation sites is 1. The Bertz CT molecular complexity index is 2710. The smallest absolute Gasteiger partial charge is 0.0540 e. The summed E-state index contributed by atoms with van der Waals surface area (Å²) in [6.07, 6.45) is 2.17. The Labute approximate surface area is 353 Å². The van der Waals surface area contributed by atoms with Gasteiger partial charge in [0.1, 0.15) is 0 Å². The van der Waals surface area contributed by atoms with Crippen molar-refractivity contribution in [2.45, 2.75) is 104 Å². The van der Waals surface area contributed by atoms with Crippen molar-refractivity contribution in [3.63, 3.8) is 0 Å². The fraction of sp³-hybridized carbons (Fsp3) is 0.276. The molecule has 1 heteroatoms. The van der Waals surface area contributed by atoms with Crippen molar-refractivity contribution < 1.29 is 0 Å². The molecule has 0 amide bonds. The molecule has 0 fully saturated rings. The van der Waals surface area contributed by atoms with Gasteiger partial charge in [-0.3, -0.25) is 0 Å². The Kier molecular flexibility index (Phi) is 9.20. The summed E-state index contributed by atoms with van der Waals surface area (Å²) in [6, 6.07) is 57.4. The highest BCUT2D eigenvalue weighted by Crippen LogP contribution is 2.58. The lowest BCUT2D eigenvalue weighted by Crippen LogP contribution is -2.24. The fourth-order valence-electron chi connectivity index (χ4n) is 10.7. The highest BCUT2D eigenvalue weighted by Gasteiger charge is 2.44. The summed E-state index contributed by atoms with van der Waals surface area (Å²) in [6.45, 7) is 23.7. The van der Waals surface area contributed by atoms with Crippen LogP contribution in [0.3, 0.4) is 0 Å². The van der Waals surface area contributed by atoms with Gasteiger partial charge >= 0.3 is 0 Å².